The van der Waals surface area contributed by atoms with E-state index in [-0.39, 0.29) is 0 Å². The molecule has 0 spiro atoms. The largest absolute Gasteiger partial charge is 0.497 e. The molecule has 106 valence electrons. The number of hydrogen-bond acceptors (Lipinski definition) is 4. The Morgan fingerprint density at radius 1 is 1.37 bits per heavy atom. The van der Waals surface area contributed by atoms with E-state index in [0.717, 1.165) is 36.6 Å². The molecule has 1 fully saturated rings. The zero-order valence-electron chi connectivity index (χ0n) is 11.9. The third-order valence-corrected chi connectivity index (χ3v) is 3.62. The van der Waals surface area contributed by atoms with Crippen molar-refractivity contribution in [3.8, 4) is 11.5 Å². The van der Waals surface area contributed by atoms with Gasteiger partial charge in [-0.2, -0.15) is 0 Å². The Labute approximate surface area is 115 Å². The first-order chi connectivity index (χ1) is 9.24. The lowest BCUT2D eigenvalue weighted by molar-refractivity contribution is 0.0831. The number of ether oxygens (including phenoxy) is 3. The fourth-order valence-electron chi connectivity index (χ4n) is 2.42. The summed E-state index contributed by atoms with van der Waals surface area (Å²) >= 11 is 0. The van der Waals surface area contributed by atoms with Crippen LogP contribution in [0.1, 0.15) is 25.3 Å². The molecule has 0 saturated carbocycles. The minimum atomic E-state index is 0.330. The van der Waals surface area contributed by atoms with Crippen LogP contribution in [0.4, 0.5) is 0 Å². The molecule has 0 radical (unpaired) electrons. The topological polar surface area (TPSA) is 39.7 Å². The van der Waals surface area contributed by atoms with Crippen LogP contribution in [0.5, 0.6) is 11.5 Å². The van der Waals surface area contributed by atoms with Crippen molar-refractivity contribution in [2.45, 2.75) is 38.5 Å². The summed E-state index contributed by atoms with van der Waals surface area (Å²) < 4.78 is 16.3. The summed E-state index contributed by atoms with van der Waals surface area (Å²) in [6, 6.07) is 6.20. The fourth-order valence-corrected chi connectivity index (χ4v) is 2.42. The maximum atomic E-state index is 5.69. The van der Waals surface area contributed by atoms with Gasteiger partial charge in [-0.25, -0.2) is 0 Å². The predicted octanol–water partition coefficient (Wildman–Crippen LogP) is 2.36. The lowest BCUT2D eigenvalue weighted by atomic mass is 10.1. The summed E-state index contributed by atoms with van der Waals surface area (Å²) in [5.74, 6) is 1.73. The maximum absolute atomic E-state index is 5.69. The average molecular weight is 265 g/mol. The molecule has 0 aromatic heterocycles. The third kappa shape index (κ3) is 3.61. The van der Waals surface area contributed by atoms with Gasteiger partial charge in [0.2, 0.25) is 0 Å². The van der Waals surface area contributed by atoms with Gasteiger partial charge < -0.3 is 19.5 Å². The molecule has 1 aliphatic heterocycles. The minimum Gasteiger partial charge on any atom is -0.497 e. The molecule has 1 saturated heterocycles. The smallest absolute Gasteiger partial charge is 0.123 e. The average Bonchev–Trinajstić information content (AvgIpc) is 2.98. The van der Waals surface area contributed by atoms with Gasteiger partial charge >= 0.3 is 0 Å². The zero-order valence-corrected chi connectivity index (χ0v) is 11.9. The molecule has 1 aliphatic rings. The highest BCUT2D eigenvalue weighted by molar-refractivity contribution is 5.40. The molecular weight excluding hydrogens is 242 g/mol. The number of hydrogen-bond donors (Lipinski definition) is 1. The Morgan fingerprint density at radius 2 is 2.21 bits per heavy atom. The van der Waals surface area contributed by atoms with Crippen molar-refractivity contribution in [2.24, 2.45) is 0 Å². The van der Waals surface area contributed by atoms with Crippen molar-refractivity contribution >= 4 is 0 Å². The summed E-state index contributed by atoms with van der Waals surface area (Å²) in [6.07, 6.45) is 2.64. The van der Waals surface area contributed by atoms with Crippen LogP contribution < -0.4 is 14.8 Å². The highest BCUT2D eigenvalue weighted by Crippen LogP contribution is 2.24. The highest BCUT2D eigenvalue weighted by atomic mass is 16.5. The molecule has 19 heavy (non-hydrogen) atoms. The van der Waals surface area contributed by atoms with Gasteiger partial charge in [0, 0.05) is 24.8 Å². The SMILES string of the molecule is COc1ccc(OC)c(CNC(C)C2CCCO2)c1. The number of benzene rings is 1. The van der Waals surface area contributed by atoms with Crippen LogP contribution in [-0.2, 0) is 11.3 Å². The van der Waals surface area contributed by atoms with E-state index in [1.54, 1.807) is 14.2 Å². The Kier molecular flexibility index (Phi) is 5.05. The summed E-state index contributed by atoms with van der Waals surface area (Å²) in [5, 5.41) is 3.51. The van der Waals surface area contributed by atoms with E-state index in [1.807, 2.05) is 18.2 Å². The van der Waals surface area contributed by atoms with E-state index in [1.165, 1.54) is 6.42 Å². The molecule has 2 atom stereocenters. The second-order valence-electron chi connectivity index (χ2n) is 4.90. The van der Waals surface area contributed by atoms with Gasteiger partial charge in [-0.15, -0.1) is 0 Å². The van der Waals surface area contributed by atoms with Crippen LogP contribution >= 0.6 is 0 Å². The number of methoxy groups -OCH3 is 2. The van der Waals surface area contributed by atoms with Crippen molar-refractivity contribution in [1.29, 1.82) is 0 Å². The molecule has 1 aromatic carbocycles. The molecule has 1 heterocycles. The van der Waals surface area contributed by atoms with Gasteiger partial charge in [0.05, 0.1) is 20.3 Å². The molecule has 4 heteroatoms. The molecule has 1 N–H and O–H groups in total. The maximum Gasteiger partial charge on any atom is 0.123 e. The van der Waals surface area contributed by atoms with Crippen LogP contribution in [0, 0.1) is 0 Å². The number of nitrogens with one attached hydrogen (secondary N) is 1. The van der Waals surface area contributed by atoms with Gasteiger partial charge in [-0.05, 0) is 38.0 Å². The summed E-state index contributed by atoms with van der Waals surface area (Å²) in [6.45, 7) is 3.81. The Morgan fingerprint density at radius 3 is 2.84 bits per heavy atom. The lowest BCUT2D eigenvalue weighted by Gasteiger charge is -2.21. The second kappa shape index (κ2) is 6.78. The molecule has 2 unspecified atom stereocenters. The normalized spacial score (nSPS) is 20.3. The molecule has 2 rings (SSSR count). The van der Waals surface area contributed by atoms with Gasteiger partial charge in [0.25, 0.3) is 0 Å². The Bertz CT molecular complexity index is 402. The predicted molar refractivity (Wildman–Crippen MR) is 74.8 cm³/mol. The minimum absolute atomic E-state index is 0.330. The molecule has 0 aliphatic carbocycles. The monoisotopic (exact) mass is 265 g/mol. The quantitative estimate of drug-likeness (QED) is 0.857. The van der Waals surface area contributed by atoms with E-state index >= 15 is 0 Å². The van der Waals surface area contributed by atoms with Crippen molar-refractivity contribution in [3.63, 3.8) is 0 Å². The molecular formula is C15H23NO3. The lowest BCUT2D eigenvalue weighted by Crippen LogP contribution is -2.36. The first kappa shape index (κ1) is 14.2. The van der Waals surface area contributed by atoms with E-state index in [0.29, 0.717) is 12.1 Å². The van der Waals surface area contributed by atoms with E-state index < -0.39 is 0 Å². The first-order valence-electron chi connectivity index (χ1n) is 6.80. The second-order valence-corrected chi connectivity index (χ2v) is 4.90. The third-order valence-electron chi connectivity index (χ3n) is 3.62. The summed E-state index contributed by atoms with van der Waals surface area (Å²) in [7, 11) is 3.36. The van der Waals surface area contributed by atoms with Gasteiger partial charge in [-0.3, -0.25) is 0 Å². The van der Waals surface area contributed by atoms with Gasteiger partial charge in [0.15, 0.2) is 0 Å². The Balaban J connectivity index is 1.97. The molecule has 1 aromatic rings. The number of rotatable bonds is 6. The summed E-state index contributed by atoms with van der Waals surface area (Å²) in [5.41, 5.74) is 1.10. The van der Waals surface area contributed by atoms with E-state index in [4.69, 9.17) is 14.2 Å². The van der Waals surface area contributed by atoms with Gasteiger partial charge in [-0.1, -0.05) is 0 Å². The Hall–Kier alpha value is -1.26. The van der Waals surface area contributed by atoms with Crippen LogP contribution in [0.2, 0.25) is 0 Å². The van der Waals surface area contributed by atoms with E-state index in [2.05, 4.69) is 12.2 Å². The van der Waals surface area contributed by atoms with Crippen molar-refractivity contribution < 1.29 is 14.2 Å². The highest BCUT2D eigenvalue weighted by Gasteiger charge is 2.22. The first-order valence-corrected chi connectivity index (χ1v) is 6.80. The van der Waals surface area contributed by atoms with Crippen LogP contribution in [0.3, 0.4) is 0 Å². The van der Waals surface area contributed by atoms with Crippen molar-refractivity contribution in [3.05, 3.63) is 23.8 Å². The van der Waals surface area contributed by atoms with Crippen molar-refractivity contribution in [1.82, 2.24) is 5.32 Å². The van der Waals surface area contributed by atoms with Crippen LogP contribution in [0.15, 0.2) is 18.2 Å². The standard InChI is InChI=1S/C15H23NO3/c1-11(14-5-4-8-19-14)16-10-12-9-13(17-2)6-7-15(12)18-3/h6-7,9,11,14,16H,4-5,8,10H2,1-3H3. The van der Waals surface area contributed by atoms with Crippen LogP contribution in [0.25, 0.3) is 0 Å². The van der Waals surface area contributed by atoms with Crippen LogP contribution in [-0.4, -0.2) is 33.0 Å². The molecule has 0 amide bonds. The summed E-state index contributed by atoms with van der Waals surface area (Å²) in [4.78, 5) is 0. The molecule has 0 bridgehead atoms. The molecule has 4 nitrogen and oxygen atoms in total. The zero-order chi connectivity index (χ0) is 13.7. The van der Waals surface area contributed by atoms with Gasteiger partial charge in [0.1, 0.15) is 11.5 Å². The van der Waals surface area contributed by atoms with Crippen molar-refractivity contribution in [2.75, 3.05) is 20.8 Å². The fraction of sp³-hybridized carbons (Fsp3) is 0.600. The van der Waals surface area contributed by atoms with E-state index in [9.17, 15) is 0 Å².